The van der Waals surface area contributed by atoms with Crippen molar-refractivity contribution >= 4 is 81.5 Å². The zero-order chi connectivity index (χ0) is 43.0. The first kappa shape index (κ1) is 41.2. The van der Waals surface area contributed by atoms with Gasteiger partial charge in [-0.1, -0.05) is 54.6 Å². The van der Waals surface area contributed by atoms with Crippen LogP contribution < -0.4 is 31.9 Å². The maximum absolute atomic E-state index is 14.5. The van der Waals surface area contributed by atoms with E-state index in [0.717, 1.165) is 15.9 Å². The summed E-state index contributed by atoms with van der Waals surface area (Å²) < 4.78 is 6.20. The van der Waals surface area contributed by atoms with Crippen LogP contribution in [0.25, 0.3) is 5.76 Å². The molecule has 302 valence electrons. The summed E-state index contributed by atoms with van der Waals surface area (Å²) in [4.78, 5) is 58.0. The number of likely N-dealkylation sites (N-methyl/N-ethyl adjacent to an activating group) is 1. The summed E-state index contributed by atoms with van der Waals surface area (Å²) >= 11 is 0. The smallest absolute Gasteiger partial charge is 0.263 e. The van der Waals surface area contributed by atoms with Crippen molar-refractivity contribution in [2.45, 2.75) is 24.5 Å². The standard InChI is InChI=1S/C43H43N4O8P.H4P2/c1-46(2)31-22-30(45-32(48)23-56(25-14-8-5-9-15-25,26-16-10-6-11-17-26)27-18-12-7-13-19-27)37(49)34-28(31)20-24-21-29-36(47(3)4)39(51)35(42(44)54)41(53)43(29,55)40(52)33(24)38(34)50;1-2/h5-19,22,24,29,36,55H,20-21,23H2,1-4H3,(H5-,44,45,48,49,50,51,52,53,54);1-2H2/p+1/t24-,29-,36-,43-;/m0./s1/i;1T. The highest BCUT2D eigenvalue weighted by Gasteiger charge is 2.64. The minimum absolute atomic E-state index is 0.00938. The van der Waals surface area contributed by atoms with E-state index in [4.69, 9.17) is 7.01 Å². The summed E-state index contributed by atoms with van der Waals surface area (Å²) in [5.41, 5.74) is 2.45. The van der Waals surface area contributed by atoms with E-state index < -0.39 is 77.0 Å². The zero-order valence-electron chi connectivity index (χ0n) is 33.5. The third-order valence-electron chi connectivity index (χ3n) is 11.4. The van der Waals surface area contributed by atoms with Crippen LogP contribution in [0.15, 0.2) is 114 Å². The Morgan fingerprint density at radius 1 is 0.914 bits per heavy atom. The predicted octanol–water partition coefficient (Wildman–Crippen LogP) is 3.61. The van der Waals surface area contributed by atoms with Crippen LogP contribution in [0.1, 0.15) is 17.5 Å². The molecular formula is C43H48N4O8P3+. The number of carbonyl (C=O) groups excluding carboxylic acids is 4. The number of ketones is 2. The van der Waals surface area contributed by atoms with Gasteiger partial charge in [0.2, 0.25) is 5.78 Å². The number of hydrogen-bond donors (Lipinski definition) is 6. The van der Waals surface area contributed by atoms with Crippen LogP contribution in [0.3, 0.4) is 0 Å². The third-order valence-corrected chi connectivity index (χ3v) is 15.7. The van der Waals surface area contributed by atoms with E-state index in [1.165, 1.54) is 4.90 Å². The highest BCUT2D eigenvalue weighted by atomic mass is 32.0. The molecule has 4 aromatic carbocycles. The number of hydrogen-bond acceptors (Lipinski definition) is 10. The number of aliphatic hydroxyl groups is 3. The summed E-state index contributed by atoms with van der Waals surface area (Å²) in [7, 11) is 6.53. The van der Waals surface area contributed by atoms with Crippen molar-refractivity contribution in [2.24, 2.45) is 17.6 Å². The van der Waals surface area contributed by atoms with Gasteiger partial charge in [-0.15, -0.1) is 17.8 Å². The molecule has 2 amide bonds. The lowest BCUT2D eigenvalue weighted by Gasteiger charge is -2.50. The molecule has 15 heteroatoms. The minimum Gasteiger partial charge on any atom is -0.508 e. The van der Waals surface area contributed by atoms with E-state index in [1.54, 1.807) is 39.2 Å². The summed E-state index contributed by atoms with van der Waals surface area (Å²) in [6.45, 7) is 0. The molecule has 1 fully saturated rings. The Morgan fingerprint density at radius 3 is 1.86 bits per heavy atom. The molecule has 0 radical (unpaired) electrons. The molecule has 0 spiro atoms. The lowest BCUT2D eigenvalue weighted by atomic mass is 9.57. The van der Waals surface area contributed by atoms with E-state index in [9.17, 15) is 39.6 Å². The molecule has 1 saturated carbocycles. The molecule has 2 unspecified atom stereocenters. The Hall–Kier alpha value is -4.95. The van der Waals surface area contributed by atoms with Gasteiger partial charge in [-0.2, -0.15) is 0 Å². The van der Waals surface area contributed by atoms with Crippen LogP contribution >= 0.6 is 25.1 Å². The number of benzene rings is 4. The Kier molecular flexibility index (Phi) is 11.9. The van der Waals surface area contributed by atoms with Gasteiger partial charge in [-0.05, 0) is 80.9 Å². The highest BCUT2D eigenvalue weighted by Crippen LogP contribution is 2.57. The molecule has 0 aliphatic heterocycles. The molecule has 12 nitrogen and oxygen atoms in total. The number of nitrogens with one attached hydrogen (secondary N) is 1. The second kappa shape index (κ2) is 16.7. The van der Waals surface area contributed by atoms with Crippen LogP contribution in [0.2, 0.25) is 0 Å². The van der Waals surface area contributed by atoms with Gasteiger partial charge in [-0.3, -0.25) is 24.1 Å². The van der Waals surface area contributed by atoms with Gasteiger partial charge < -0.3 is 36.4 Å². The van der Waals surface area contributed by atoms with Crippen molar-refractivity contribution in [3.8, 4) is 5.75 Å². The lowest BCUT2D eigenvalue weighted by molar-refractivity contribution is -0.153. The van der Waals surface area contributed by atoms with Gasteiger partial charge >= 0.3 is 0 Å². The van der Waals surface area contributed by atoms with Crippen molar-refractivity contribution < 1.29 is 39.6 Å². The molecule has 7 N–H and O–H groups in total. The average Bonchev–Trinajstić information content (AvgIpc) is 3.20. The molecule has 0 heterocycles. The van der Waals surface area contributed by atoms with Crippen LogP contribution in [0.4, 0.5) is 11.4 Å². The van der Waals surface area contributed by atoms with Crippen LogP contribution in [-0.2, 0) is 25.6 Å². The van der Waals surface area contributed by atoms with E-state index >= 15 is 0 Å². The molecular weight excluding hydrogens is 793 g/mol. The van der Waals surface area contributed by atoms with Crippen molar-refractivity contribution in [2.75, 3.05) is 44.6 Å². The van der Waals surface area contributed by atoms with Crippen LogP contribution in [0.5, 0.6) is 5.75 Å². The van der Waals surface area contributed by atoms with E-state index in [-0.39, 0.29) is 44.7 Å². The van der Waals surface area contributed by atoms with Crippen molar-refractivity contribution in [1.82, 2.24) is 4.90 Å². The molecule has 0 aromatic heterocycles. The fourth-order valence-corrected chi connectivity index (χ4v) is 13.0. The van der Waals surface area contributed by atoms with Crippen molar-refractivity contribution in [1.29, 1.82) is 1.28 Å². The number of rotatable bonds is 9. The second-order valence-electron chi connectivity index (χ2n) is 15.0. The minimum atomic E-state index is -2.77. The summed E-state index contributed by atoms with van der Waals surface area (Å²) in [6, 6.07) is 30.0. The van der Waals surface area contributed by atoms with Crippen molar-refractivity contribution in [3.05, 3.63) is 125 Å². The fraction of sp³-hybridized carbons (Fsp3) is 0.256. The number of Topliss-reactive ketones (excluding diaryl/α,β-unsaturated/α-hetero) is 2. The second-order valence-corrected chi connectivity index (χ2v) is 18.5. The van der Waals surface area contributed by atoms with Crippen LogP contribution in [-0.4, -0.2) is 96.0 Å². The molecule has 3 aliphatic rings. The Morgan fingerprint density at radius 2 is 1.41 bits per heavy atom. The first-order chi connectivity index (χ1) is 28.1. The number of carbonyl (C=O) groups is 4. The number of nitrogens with two attached hydrogens (primary N) is 1. The molecule has 3 aliphatic carbocycles. The Balaban J connectivity index is 0.00000189. The molecule has 0 bridgehead atoms. The number of aromatic hydroxyl groups is 1. The molecule has 0 saturated heterocycles. The summed E-state index contributed by atoms with van der Waals surface area (Å²) in [5.74, 6) is -7.87. The number of nitrogens with zero attached hydrogens (tertiary/aromatic N) is 2. The van der Waals surface area contributed by atoms with Gasteiger partial charge in [-0.25, -0.2) is 0 Å². The molecule has 4 aromatic rings. The monoisotopic (exact) mass is 843 g/mol. The number of anilines is 2. The number of phenols is 1. The largest absolute Gasteiger partial charge is 0.508 e. The first-order valence-electron chi connectivity index (χ1n) is 19.0. The van der Waals surface area contributed by atoms with E-state index in [0.29, 0.717) is 11.3 Å². The molecule has 6 atom stereocenters. The zero-order valence-corrected chi connectivity index (χ0v) is 35.6. The maximum atomic E-state index is 14.5. The average molecular weight is 844 g/mol. The van der Waals surface area contributed by atoms with E-state index in [1.807, 2.05) is 91.0 Å². The van der Waals surface area contributed by atoms with Gasteiger partial charge in [0.05, 0.1) is 18.6 Å². The highest BCUT2D eigenvalue weighted by molar-refractivity contribution is 7.96. The van der Waals surface area contributed by atoms with Gasteiger partial charge in [0.15, 0.2) is 17.5 Å². The SMILES string of the molecule is CN(C)c1cc(NC(=O)C[P+](c2ccccc2)(c2ccccc2)c2ccccc2)c(O)c2c1C[C@H]1C[C@H]3[C@H](N(C)C)C(=O)C(C(N)=O)=C(O)[C@@]3(O)C(=O)C1=C2O.[3H]PP. The molecule has 58 heavy (non-hydrogen) atoms. The number of phenolic OH excluding ortho intramolecular Hbond substituents is 1. The third kappa shape index (κ3) is 6.91. The van der Waals surface area contributed by atoms with Gasteiger partial charge in [0.1, 0.15) is 46.0 Å². The van der Waals surface area contributed by atoms with Crippen LogP contribution in [0, 0.1) is 11.8 Å². The Bertz CT molecular complexity index is 2270. The fourth-order valence-electron chi connectivity index (χ4n) is 8.96. The number of amides is 2. The quantitative estimate of drug-likeness (QED) is 0.0824. The van der Waals surface area contributed by atoms with Gasteiger partial charge in [0.25, 0.3) is 11.8 Å². The van der Waals surface area contributed by atoms with Gasteiger partial charge in [0, 0.05) is 31.3 Å². The normalized spacial score (nSPS) is 21.8. The summed E-state index contributed by atoms with van der Waals surface area (Å²) in [6.07, 6.45) is 0.0944. The van der Waals surface area contributed by atoms with Crippen molar-refractivity contribution in [3.63, 3.8) is 0 Å². The van der Waals surface area contributed by atoms with E-state index in [2.05, 4.69) is 14.2 Å². The Labute approximate surface area is 343 Å². The number of fused-ring (bicyclic) bond motifs is 3. The number of primary amides is 1. The maximum Gasteiger partial charge on any atom is 0.263 e. The first-order valence-corrected chi connectivity index (χ1v) is 22.8. The predicted molar refractivity (Wildman–Crippen MR) is 237 cm³/mol. The summed E-state index contributed by atoms with van der Waals surface area (Å²) in [5, 5.41) is 53.1. The molecule has 7 rings (SSSR count). The number of aliphatic hydroxyl groups excluding tert-OH is 2. The lowest BCUT2D eigenvalue weighted by Crippen LogP contribution is -2.65. The topological polar surface area (TPSA) is 194 Å².